The van der Waals surface area contributed by atoms with Crippen LogP contribution in [0.15, 0.2) is 24.3 Å². The highest BCUT2D eigenvalue weighted by Gasteiger charge is 2.21. The largest absolute Gasteiger partial charge is 0.382 e. The van der Waals surface area contributed by atoms with Gasteiger partial charge in [-0.25, -0.2) is 4.79 Å². The molecule has 1 saturated heterocycles. The zero-order valence-electron chi connectivity index (χ0n) is 10.1. The van der Waals surface area contributed by atoms with Gasteiger partial charge in [0.05, 0.1) is 0 Å². The number of carbonyl (C=O) groups is 1. The number of rotatable bonds is 2. The molecule has 0 unspecified atom stereocenters. The number of nitrogens with two attached hydrogens (primary N) is 1. The van der Waals surface area contributed by atoms with E-state index in [9.17, 15) is 4.79 Å². The van der Waals surface area contributed by atoms with Crippen molar-refractivity contribution in [3.63, 3.8) is 0 Å². The molecule has 2 rings (SSSR count). The molecule has 1 aromatic rings. The fourth-order valence-electron chi connectivity index (χ4n) is 2.20. The summed E-state index contributed by atoms with van der Waals surface area (Å²) in [5.41, 5.74) is 7.70. The van der Waals surface area contributed by atoms with Gasteiger partial charge < -0.3 is 16.0 Å². The van der Waals surface area contributed by atoms with Crippen molar-refractivity contribution >= 4 is 11.7 Å². The lowest BCUT2D eigenvalue weighted by Gasteiger charge is -2.32. The molecule has 0 spiro atoms. The van der Waals surface area contributed by atoms with Gasteiger partial charge in [0.25, 0.3) is 0 Å². The van der Waals surface area contributed by atoms with Gasteiger partial charge in [0.1, 0.15) is 0 Å². The third kappa shape index (κ3) is 2.90. The molecule has 3 N–H and O–H groups in total. The molecule has 1 aromatic carbocycles. The van der Waals surface area contributed by atoms with E-state index in [0.29, 0.717) is 6.04 Å². The van der Waals surface area contributed by atoms with Crippen LogP contribution < -0.4 is 11.1 Å². The van der Waals surface area contributed by atoms with Gasteiger partial charge >= 0.3 is 6.03 Å². The molecule has 17 heavy (non-hydrogen) atoms. The first-order chi connectivity index (χ1) is 8.16. The number of hydrogen-bond acceptors (Lipinski definition) is 2. The number of para-hydroxylation sites is 1. The molecule has 1 heterocycles. The zero-order chi connectivity index (χ0) is 12.3. The van der Waals surface area contributed by atoms with Crippen molar-refractivity contribution in [3.8, 4) is 0 Å². The SMILES string of the molecule is Cc1ccccc1NC1CCN(C(N)=O)CC1. The maximum Gasteiger partial charge on any atom is 0.314 e. The summed E-state index contributed by atoms with van der Waals surface area (Å²) >= 11 is 0. The van der Waals surface area contributed by atoms with Crippen molar-refractivity contribution in [3.05, 3.63) is 29.8 Å². The van der Waals surface area contributed by atoms with Crippen molar-refractivity contribution in [1.82, 2.24) is 4.90 Å². The summed E-state index contributed by atoms with van der Waals surface area (Å²) in [5.74, 6) is 0. The Balaban J connectivity index is 1.90. The minimum absolute atomic E-state index is 0.306. The third-order valence-corrected chi connectivity index (χ3v) is 3.31. The van der Waals surface area contributed by atoms with E-state index >= 15 is 0 Å². The topological polar surface area (TPSA) is 58.4 Å². The summed E-state index contributed by atoms with van der Waals surface area (Å²) in [7, 11) is 0. The van der Waals surface area contributed by atoms with Gasteiger partial charge in [0.15, 0.2) is 0 Å². The molecule has 0 atom stereocenters. The molecular formula is C13H19N3O. The van der Waals surface area contributed by atoms with E-state index in [0.717, 1.165) is 25.9 Å². The molecule has 2 amide bonds. The molecular weight excluding hydrogens is 214 g/mol. The van der Waals surface area contributed by atoms with Gasteiger partial charge in [-0.1, -0.05) is 18.2 Å². The highest BCUT2D eigenvalue weighted by molar-refractivity contribution is 5.72. The fraction of sp³-hybridized carbons (Fsp3) is 0.462. The van der Waals surface area contributed by atoms with Gasteiger partial charge in [-0.2, -0.15) is 0 Å². The Kier molecular flexibility index (Phi) is 3.52. The smallest absolute Gasteiger partial charge is 0.314 e. The van der Waals surface area contributed by atoms with Crippen LogP contribution in [0.5, 0.6) is 0 Å². The van der Waals surface area contributed by atoms with Crippen LogP contribution in [0.25, 0.3) is 0 Å². The number of primary amides is 1. The number of nitrogens with one attached hydrogen (secondary N) is 1. The number of nitrogens with zero attached hydrogens (tertiary/aromatic N) is 1. The van der Waals surface area contributed by atoms with E-state index in [1.165, 1.54) is 11.3 Å². The van der Waals surface area contributed by atoms with E-state index < -0.39 is 0 Å². The van der Waals surface area contributed by atoms with Gasteiger partial charge in [-0.15, -0.1) is 0 Å². The maximum atomic E-state index is 11.0. The van der Waals surface area contributed by atoms with Gasteiger partial charge in [-0.3, -0.25) is 0 Å². The van der Waals surface area contributed by atoms with Crippen LogP contribution in [0.3, 0.4) is 0 Å². The van der Waals surface area contributed by atoms with Gasteiger partial charge in [0.2, 0.25) is 0 Å². The van der Waals surface area contributed by atoms with Crippen molar-refractivity contribution in [2.45, 2.75) is 25.8 Å². The molecule has 92 valence electrons. The second-order valence-corrected chi connectivity index (χ2v) is 4.56. The molecule has 0 aromatic heterocycles. The third-order valence-electron chi connectivity index (χ3n) is 3.31. The van der Waals surface area contributed by atoms with Crippen molar-refractivity contribution in [2.24, 2.45) is 5.73 Å². The van der Waals surface area contributed by atoms with Crippen LogP contribution >= 0.6 is 0 Å². The summed E-state index contributed by atoms with van der Waals surface area (Å²) in [4.78, 5) is 12.7. The number of amides is 2. The van der Waals surface area contributed by atoms with Crippen molar-refractivity contribution in [1.29, 1.82) is 0 Å². The summed E-state index contributed by atoms with van der Waals surface area (Å²) in [6.45, 7) is 3.60. The van der Waals surface area contributed by atoms with Crippen LogP contribution in [-0.4, -0.2) is 30.1 Å². The number of likely N-dealkylation sites (tertiary alicyclic amines) is 1. The van der Waals surface area contributed by atoms with E-state index in [1.807, 2.05) is 12.1 Å². The molecule has 0 saturated carbocycles. The standard InChI is InChI=1S/C13H19N3O/c1-10-4-2-3-5-12(10)15-11-6-8-16(9-7-11)13(14)17/h2-5,11,15H,6-9H2,1H3,(H2,14,17). The first-order valence-electron chi connectivity index (χ1n) is 6.03. The molecule has 0 radical (unpaired) electrons. The lowest BCUT2D eigenvalue weighted by molar-refractivity contribution is 0.193. The summed E-state index contributed by atoms with van der Waals surface area (Å²) in [5, 5.41) is 3.53. The van der Waals surface area contributed by atoms with Gasteiger partial charge in [0, 0.05) is 24.8 Å². The number of carbonyl (C=O) groups excluding carboxylic acids is 1. The maximum absolute atomic E-state index is 11.0. The molecule has 4 heteroatoms. The second kappa shape index (κ2) is 5.08. The molecule has 1 fully saturated rings. The summed E-state index contributed by atoms with van der Waals surface area (Å²) in [6, 6.07) is 8.40. The van der Waals surface area contributed by atoms with Crippen LogP contribution in [0.4, 0.5) is 10.5 Å². The van der Waals surface area contributed by atoms with E-state index in [4.69, 9.17) is 5.73 Å². The lowest BCUT2D eigenvalue weighted by atomic mass is 10.0. The first kappa shape index (κ1) is 11.8. The number of hydrogen-bond donors (Lipinski definition) is 2. The molecule has 0 aliphatic carbocycles. The normalized spacial score (nSPS) is 16.9. The fourth-order valence-corrected chi connectivity index (χ4v) is 2.20. The monoisotopic (exact) mass is 233 g/mol. The Hall–Kier alpha value is -1.71. The summed E-state index contributed by atoms with van der Waals surface area (Å²) < 4.78 is 0. The lowest BCUT2D eigenvalue weighted by Crippen LogP contribution is -2.44. The second-order valence-electron chi connectivity index (χ2n) is 4.56. The van der Waals surface area contributed by atoms with Crippen molar-refractivity contribution < 1.29 is 4.79 Å². The predicted octanol–water partition coefficient (Wildman–Crippen LogP) is 1.95. The Morgan fingerprint density at radius 3 is 2.59 bits per heavy atom. The Morgan fingerprint density at radius 2 is 2.00 bits per heavy atom. The van der Waals surface area contributed by atoms with Crippen LogP contribution in [-0.2, 0) is 0 Å². The highest BCUT2D eigenvalue weighted by atomic mass is 16.2. The van der Waals surface area contributed by atoms with Crippen LogP contribution in [0.1, 0.15) is 18.4 Å². The summed E-state index contributed by atoms with van der Waals surface area (Å²) in [6.07, 6.45) is 1.91. The zero-order valence-corrected chi connectivity index (χ0v) is 10.1. The van der Waals surface area contributed by atoms with Crippen LogP contribution in [0, 0.1) is 6.92 Å². The first-order valence-corrected chi connectivity index (χ1v) is 6.03. The van der Waals surface area contributed by atoms with Crippen LogP contribution in [0.2, 0.25) is 0 Å². The Bertz CT molecular complexity index is 397. The van der Waals surface area contributed by atoms with Gasteiger partial charge in [-0.05, 0) is 31.4 Å². The quantitative estimate of drug-likeness (QED) is 0.820. The Morgan fingerprint density at radius 1 is 1.35 bits per heavy atom. The predicted molar refractivity (Wildman–Crippen MR) is 69.0 cm³/mol. The van der Waals surface area contributed by atoms with E-state index in [-0.39, 0.29) is 6.03 Å². The number of urea groups is 1. The molecule has 0 bridgehead atoms. The molecule has 1 aliphatic heterocycles. The van der Waals surface area contributed by atoms with E-state index in [2.05, 4.69) is 24.4 Å². The van der Waals surface area contributed by atoms with Crippen molar-refractivity contribution in [2.75, 3.05) is 18.4 Å². The minimum atomic E-state index is -0.306. The Labute approximate surface area is 102 Å². The molecule has 4 nitrogen and oxygen atoms in total. The average Bonchev–Trinajstić information content (AvgIpc) is 2.33. The number of aryl methyl sites for hydroxylation is 1. The number of anilines is 1. The highest BCUT2D eigenvalue weighted by Crippen LogP contribution is 2.19. The molecule has 1 aliphatic rings. The minimum Gasteiger partial charge on any atom is -0.382 e. The number of piperidine rings is 1. The average molecular weight is 233 g/mol. The van der Waals surface area contributed by atoms with E-state index in [1.54, 1.807) is 4.90 Å². The number of benzene rings is 1.